The Kier molecular flexibility index (Phi) is 5.47. The number of aryl methyl sites for hydroxylation is 2. The van der Waals surface area contributed by atoms with Gasteiger partial charge in [-0.3, -0.25) is 0 Å². The van der Waals surface area contributed by atoms with Crippen molar-refractivity contribution in [2.24, 2.45) is 0 Å². The highest BCUT2D eigenvalue weighted by molar-refractivity contribution is 6.98. The van der Waals surface area contributed by atoms with E-state index in [4.69, 9.17) is 13.9 Å². The first-order valence-corrected chi connectivity index (χ1v) is 16.0. The highest BCUT2D eigenvalue weighted by Gasteiger charge is 2.41. The Labute approximate surface area is 272 Å². The Balaban J connectivity index is 1.17. The number of ether oxygens (including phenoxy) is 2. The first-order valence-electron chi connectivity index (χ1n) is 16.0. The summed E-state index contributed by atoms with van der Waals surface area (Å²) >= 11 is 0. The van der Waals surface area contributed by atoms with Gasteiger partial charge in [0.1, 0.15) is 22.8 Å². The van der Waals surface area contributed by atoms with Crippen molar-refractivity contribution in [3.05, 3.63) is 145 Å². The van der Waals surface area contributed by atoms with Gasteiger partial charge in [-0.25, -0.2) is 0 Å². The Morgan fingerprint density at radius 1 is 0.511 bits per heavy atom. The van der Waals surface area contributed by atoms with E-state index < -0.39 is 0 Å². The van der Waals surface area contributed by atoms with Gasteiger partial charge in [0.15, 0.2) is 11.3 Å². The molecule has 4 nitrogen and oxygen atoms in total. The predicted octanol–water partition coefficient (Wildman–Crippen LogP) is 9.55. The number of fused-ring (bicyclic) bond motifs is 9. The predicted molar refractivity (Wildman–Crippen MR) is 193 cm³/mol. The molecule has 0 unspecified atom stereocenters. The molecule has 0 atom stereocenters. The van der Waals surface area contributed by atoms with Crippen LogP contribution in [0, 0.1) is 13.8 Å². The topological polar surface area (TPSA) is 34.8 Å². The first kappa shape index (κ1) is 26.3. The van der Waals surface area contributed by atoms with Gasteiger partial charge < -0.3 is 18.8 Å². The van der Waals surface area contributed by atoms with E-state index in [1.807, 2.05) is 18.2 Å². The molecule has 222 valence electrons. The third-order valence-electron chi connectivity index (χ3n) is 9.68. The second-order valence-electron chi connectivity index (χ2n) is 12.7. The van der Waals surface area contributed by atoms with Crippen molar-refractivity contribution in [2.45, 2.75) is 13.8 Å². The number of furan rings is 1. The van der Waals surface area contributed by atoms with E-state index in [0.717, 1.165) is 89.2 Å². The van der Waals surface area contributed by atoms with Crippen LogP contribution in [0.3, 0.4) is 0 Å². The van der Waals surface area contributed by atoms with Crippen LogP contribution in [0.25, 0.3) is 32.7 Å². The summed E-state index contributed by atoms with van der Waals surface area (Å²) in [6.45, 7) is 4.24. The minimum atomic E-state index is 0.00340. The summed E-state index contributed by atoms with van der Waals surface area (Å²) in [5, 5.41) is 4.26. The highest BCUT2D eigenvalue weighted by Crippen LogP contribution is 2.44. The molecule has 0 saturated carbocycles. The summed E-state index contributed by atoms with van der Waals surface area (Å²) in [4.78, 5) is 2.31. The van der Waals surface area contributed by atoms with Crippen LogP contribution < -0.4 is 30.8 Å². The molecule has 0 N–H and O–H groups in total. The monoisotopic (exact) mass is 605 g/mol. The molecule has 0 fully saturated rings. The van der Waals surface area contributed by atoms with E-state index in [0.29, 0.717) is 0 Å². The third-order valence-corrected chi connectivity index (χ3v) is 9.68. The van der Waals surface area contributed by atoms with Crippen LogP contribution >= 0.6 is 0 Å². The number of hydrogen-bond donors (Lipinski definition) is 0. The Hall–Kier alpha value is -5.94. The van der Waals surface area contributed by atoms with Crippen LogP contribution in [0.2, 0.25) is 0 Å². The average molecular weight is 606 g/mol. The summed E-state index contributed by atoms with van der Waals surface area (Å²) < 4.78 is 20.0. The molecular formula is C42H28BNO3. The smallest absolute Gasteiger partial charge is 0.260 e. The van der Waals surface area contributed by atoms with Crippen molar-refractivity contribution < 1.29 is 13.9 Å². The van der Waals surface area contributed by atoms with Crippen molar-refractivity contribution >= 4 is 72.9 Å². The van der Waals surface area contributed by atoms with E-state index in [9.17, 15) is 0 Å². The molecule has 0 radical (unpaired) electrons. The van der Waals surface area contributed by atoms with Crippen molar-refractivity contribution in [1.29, 1.82) is 0 Å². The van der Waals surface area contributed by atoms with Crippen LogP contribution in [0.15, 0.2) is 138 Å². The minimum absolute atomic E-state index is 0.00340. The fraction of sp³-hybridized carbons (Fsp3) is 0.0476. The van der Waals surface area contributed by atoms with Crippen LogP contribution in [0.4, 0.5) is 17.1 Å². The van der Waals surface area contributed by atoms with Gasteiger partial charge in [0.25, 0.3) is 6.71 Å². The lowest BCUT2D eigenvalue weighted by Gasteiger charge is -2.32. The van der Waals surface area contributed by atoms with E-state index in [1.54, 1.807) is 0 Å². The van der Waals surface area contributed by atoms with Crippen LogP contribution in [-0.4, -0.2) is 6.71 Å². The Morgan fingerprint density at radius 2 is 1.13 bits per heavy atom. The maximum Gasteiger partial charge on any atom is 0.260 e. The van der Waals surface area contributed by atoms with Crippen molar-refractivity contribution in [3.63, 3.8) is 0 Å². The molecule has 0 bridgehead atoms. The van der Waals surface area contributed by atoms with Crippen molar-refractivity contribution in [3.8, 4) is 23.0 Å². The number of nitrogens with zero attached hydrogens (tertiary/aromatic N) is 1. The van der Waals surface area contributed by atoms with E-state index in [1.165, 1.54) is 11.1 Å². The SMILES string of the molecule is Cc1ccc(N(c2ccc(C)cc2)c2ccc3cc4c(cc3c2)oc2c3c5c(cc24)Oc2ccccc2B5c2ccccc2O3)cc1. The molecule has 0 amide bonds. The standard InChI is InChI=1S/C42H28BNO3/c1-25-11-16-29(17-12-25)44(30-18-13-26(2)14-19-30)31-20-15-27-22-32-33-24-39-40-42(41(33)47-38(32)23-28(27)21-31)46-37-10-6-4-8-35(37)43(40)34-7-3-5-9-36(34)45-39/h3-24H,1-2H3. The van der Waals surface area contributed by atoms with Crippen LogP contribution in [0.5, 0.6) is 23.0 Å². The molecule has 2 aliphatic heterocycles. The van der Waals surface area contributed by atoms with Gasteiger partial charge in [0.2, 0.25) is 0 Å². The van der Waals surface area contributed by atoms with Gasteiger partial charge in [-0.2, -0.15) is 0 Å². The molecule has 3 heterocycles. The van der Waals surface area contributed by atoms with Gasteiger partial charge >= 0.3 is 0 Å². The number of hydrogen-bond acceptors (Lipinski definition) is 4. The summed E-state index contributed by atoms with van der Waals surface area (Å²) in [5.74, 6) is 3.28. The first-order chi connectivity index (χ1) is 23.1. The maximum atomic E-state index is 6.74. The van der Waals surface area contributed by atoms with Crippen LogP contribution in [0.1, 0.15) is 11.1 Å². The quantitative estimate of drug-likeness (QED) is 0.188. The second kappa shape index (κ2) is 9.78. The molecule has 47 heavy (non-hydrogen) atoms. The zero-order valence-corrected chi connectivity index (χ0v) is 26.0. The lowest BCUT2D eigenvalue weighted by molar-refractivity contribution is 0.462. The summed E-state index contributed by atoms with van der Waals surface area (Å²) in [6, 6.07) is 47.1. The number of benzene rings is 7. The summed E-state index contributed by atoms with van der Waals surface area (Å²) in [5.41, 5.74) is 10.6. The van der Waals surface area contributed by atoms with Gasteiger partial charge in [-0.1, -0.05) is 77.9 Å². The van der Waals surface area contributed by atoms with E-state index >= 15 is 0 Å². The fourth-order valence-corrected chi connectivity index (χ4v) is 7.37. The molecule has 0 aliphatic carbocycles. The molecule has 10 rings (SSSR count). The van der Waals surface area contributed by atoms with Gasteiger partial charge in [-0.15, -0.1) is 0 Å². The minimum Gasteiger partial charge on any atom is -0.458 e. The molecule has 7 aromatic carbocycles. The fourth-order valence-electron chi connectivity index (χ4n) is 7.37. The molecule has 5 heteroatoms. The lowest BCUT2D eigenvalue weighted by Crippen LogP contribution is -2.57. The second-order valence-corrected chi connectivity index (χ2v) is 12.7. The third kappa shape index (κ3) is 3.96. The van der Waals surface area contributed by atoms with Gasteiger partial charge in [0.05, 0.1) is 0 Å². The molecule has 2 aliphatic rings. The van der Waals surface area contributed by atoms with E-state index in [-0.39, 0.29) is 6.71 Å². The summed E-state index contributed by atoms with van der Waals surface area (Å²) in [7, 11) is 0. The summed E-state index contributed by atoms with van der Waals surface area (Å²) in [6.07, 6.45) is 0. The van der Waals surface area contributed by atoms with E-state index in [2.05, 4.69) is 134 Å². The van der Waals surface area contributed by atoms with Gasteiger partial charge in [0, 0.05) is 33.3 Å². The molecule has 1 aromatic heterocycles. The number of anilines is 3. The molecular weight excluding hydrogens is 577 g/mol. The zero-order valence-electron chi connectivity index (χ0n) is 26.0. The molecule has 0 spiro atoms. The van der Waals surface area contributed by atoms with Gasteiger partial charge in [-0.05, 0) is 102 Å². The lowest BCUT2D eigenvalue weighted by atomic mass is 9.35. The molecule has 8 aromatic rings. The normalized spacial score (nSPS) is 12.8. The average Bonchev–Trinajstić information content (AvgIpc) is 3.46. The largest absolute Gasteiger partial charge is 0.458 e. The molecule has 0 saturated heterocycles. The maximum absolute atomic E-state index is 6.74. The Bertz CT molecular complexity index is 2490. The zero-order chi connectivity index (χ0) is 31.2. The Morgan fingerprint density at radius 3 is 1.81 bits per heavy atom. The van der Waals surface area contributed by atoms with Crippen molar-refractivity contribution in [1.82, 2.24) is 0 Å². The van der Waals surface area contributed by atoms with Crippen molar-refractivity contribution in [2.75, 3.05) is 4.90 Å². The van der Waals surface area contributed by atoms with Crippen LogP contribution in [-0.2, 0) is 0 Å². The number of rotatable bonds is 3. The number of para-hydroxylation sites is 2. The highest BCUT2D eigenvalue weighted by atomic mass is 16.5.